The molecule has 2 rings (SSSR count). The van der Waals surface area contributed by atoms with Gasteiger partial charge in [0.05, 0.1) is 19.3 Å². The van der Waals surface area contributed by atoms with E-state index >= 15 is 0 Å². The fourth-order valence-corrected chi connectivity index (χ4v) is 2.82. The van der Waals surface area contributed by atoms with Crippen LogP contribution in [-0.4, -0.2) is 62.4 Å². The van der Waals surface area contributed by atoms with Crippen molar-refractivity contribution in [3.8, 4) is 0 Å². The molecule has 2 heterocycles. The SMILES string of the molecule is CNC(C)(CCN1CC2CCC(C1)O2)C(=O)OC. The summed E-state index contributed by atoms with van der Waals surface area (Å²) in [5.74, 6) is -0.193. The summed E-state index contributed by atoms with van der Waals surface area (Å²) in [5, 5.41) is 3.07. The molecule has 2 bridgehead atoms. The summed E-state index contributed by atoms with van der Waals surface area (Å²) < 4.78 is 10.7. The lowest BCUT2D eigenvalue weighted by molar-refractivity contribution is -0.148. The molecule has 2 saturated heterocycles. The summed E-state index contributed by atoms with van der Waals surface area (Å²) in [7, 11) is 3.24. The smallest absolute Gasteiger partial charge is 0.325 e. The van der Waals surface area contributed by atoms with Gasteiger partial charge in [-0.15, -0.1) is 0 Å². The van der Waals surface area contributed by atoms with E-state index in [1.54, 1.807) is 7.05 Å². The molecular weight excluding hydrogens is 232 g/mol. The van der Waals surface area contributed by atoms with E-state index in [9.17, 15) is 4.79 Å². The van der Waals surface area contributed by atoms with Crippen molar-refractivity contribution in [2.75, 3.05) is 33.8 Å². The van der Waals surface area contributed by atoms with E-state index in [1.165, 1.54) is 20.0 Å². The van der Waals surface area contributed by atoms with E-state index in [0.29, 0.717) is 12.2 Å². The summed E-state index contributed by atoms with van der Waals surface area (Å²) in [6.07, 6.45) is 3.93. The number of fused-ring (bicyclic) bond motifs is 2. The second kappa shape index (κ2) is 5.55. The van der Waals surface area contributed by atoms with Crippen LogP contribution < -0.4 is 5.32 Å². The minimum absolute atomic E-state index is 0.193. The zero-order chi connectivity index (χ0) is 13.2. The van der Waals surface area contributed by atoms with Crippen molar-refractivity contribution in [3.63, 3.8) is 0 Å². The summed E-state index contributed by atoms with van der Waals surface area (Å²) in [4.78, 5) is 14.2. The standard InChI is InChI=1S/C13H24N2O3/c1-13(14-2,12(16)17-3)6-7-15-8-10-4-5-11(9-15)18-10/h10-11,14H,4-9H2,1-3H3. The number of hydrogen-bond acceptors (Lipinski definition) is 5. The minimum atomic E-state index is -0.591. The van der Waals surface area contributed by atoms with Crippen LogP contribution in [0.4, 0.5) is 0 Å². The second-order valence-corrected chi connectivity index (χ2v) is 5.54. The summed E-state index contributed by atoms with van der Waals surface area (Å²) in [6, 6.07) is 0. The maximum absolute atomic E-state index is 11.8. The molecule has 5 heteroatoms. The highest BCUT2D eigenvalue weighted by Gasteiger charge is 2.36. The van der Waals surface area contributed by atoms with Crippen LogP contribution in [0, 0.1) is 0 Å². The molecule has 18 heavy (non-hydrogen) atoms. The van der Waals surface area contributed by atoms with E-state index in [2.05, 4.69) is 10.2 Å². The number of nitrogens with zero attached hydrogens (tertiary/aromatic N) is 1. The third kappa shape index (κ3) is 2.84. The van der Waals surface area contributed by atoms with Crippen molar-refractivity contribution >= 4 is 5.97 Å². The van der Waals surface area contributed by atoms with Gasteiger partial charge in [-0.25, -0.2) is 0 Å². The Morgan fingerprint density at radius 3 is 2.56 bits per heavy atom. The van der Waals surface area contributed by atoms with E-state index in [0.717, 1.165) is 26.1 Å². The van der Waals surface area contributed by atoms with Crippen LogP contribution in [0.15, 0.2) is 0 Å². The molecule has 0 aromatic rings. The predicted molar refractivity (Wildman–Crippen MR) is 68.4 cm³/mol. The number of carbonyl (C=O) groups is 1. The quantitative estimate of drug-likeness (QED) is 0.721. The molecule has 0 spiro atoms. The van der Waals surface area contributed by atoms with Crippen LogP contribution in [-0.2, 0) is 14.3 Å². The second-order valence-electron chi connectivity index (χ2n) is 5.54. The third-order valence-electron chi connectivity index (χ3n) is 4.23. The molecule has 3 atom stereocenters. The minimum Gasteiger partial charge on any atom is -0.468 e. The third-order valence-corrected chi connectivity index (χ3v) is 4.23. The highest BCUT2D eigenvalue weighted by Crippen LogP contribution is 2.26. The molecule has 3 unspecified atom stereocenters. The number of esters is 1. The summed E-state index contributed by atoms with van der Waals surface area (Å²) >= 11 is 0. The van der Waals surface area contributed by atoms with Gasteiger partial charge in [-0.2, -0.15) is 0 Å². The van der Waals surface area contributed by atoms with Crippen molar-refractivity contribution in [2.45, 2.75) is 43.9 Å². The van der Waals surface area contributed by atoms with Crippen molar-refractivity contribution < 1.29 is 14.3 Å². The molecule has 2 fully saturated rings. The van der Waals surface area contributed by atoms with Crippen molar-refractivity contribution in [3.05, 3.63) is 0 Å². The lowest BCUT2D eigenvalue weighted by atomic mass is 9.97. The van der Waals surface area contributed by atoms with Crippen LogP contribution >= 0.6 is 0 Å². The van der Waals surface area contributed by atoms with Gasteiger partial charge in [0.15, 0.2) is 0 Å². The number of nitrogens with one attached hydrogen (secondary N) is 1. The zero-order valence-electron chi connectivity index (χ0n) is 11.6. The Bertz CT molecular complexity index is 299. The lowest BCUT2D eigenvalue weighted by Gasteiger charge is -2.34. The molecule has 0 radical (unpaired) electrons. The van der Waals surface area contributed by atoms with Crippen molar-refractivity contribution in [2.24, 2.45) is 0 Å². The molecule has 2 aliphatic rings. The number of likely N-dealkylation sites (N-methyl/N-ethyl adjacent to an activating group) is 1. The van der Waals surface area contributed by atoms with Gasteiger partial charge in [0, 0.05) is 19.6 Å². The van der Waals surface area contributed by atoms with E-state index in [1.807, 2.05) is 6.92 Å². The van der Waals surface area contributed by atoms with Gasteiger partial charge >= 0.3 is 5.97 Å². The number of carbonyl (C=O) groups excluding carboxylic acids is 1. The monoisotopic (exact) mass is 256 g/mol. The molecule has 0 aromatic heterocycles. The average Bonchev–Trinajstić information content (AvgIpc) is 2.74. The molecular formula is C13H24N2O3. The zero-order valence-corrected chi connectivity index (χ0v) is 11.6. The topological polar surface area (TPSA) is 50.8 Å². The number of morpholine rings is 1. The Morgan fingerprint density at radius 1 is 1.44 bits per heavy atom. The first-order chi connectivity index (χ1) is 8.57. The highest BCUT2D eigenvalue weighted by molar-refractivity contribution is 5.80. The molecule has 1 N–H and O–H groups in total. The van der Waals surface area contributed by atoms with Crippen molar-refractivity contribution in [1.29, 1.82) is 0 Å². The van der Waals surface area contributed by atoms with Gasteiger partial charge in [0.2, 0.25) is 0 Å². The normalized spacial score (nSPS) is 31.1. The number of rotatable bonds is 5. The summed E-state index contributed by atoms with van der Waals surface area (Å²) in [6.45, 7) is 4.80. The average molecular weight is 256 g/mol. The predicted octanol–water partition coefficient (Wildman–Crippen LogP) is 0.391. The Labute approximate surface area is 109 Å². The Morgan fingerprint density at radius 2 is 2.06 bits per heavy atom. The maximum Gasteiger partial charge on any atom is 0.325 e. The van der Waals surface area contributed by atoms with Gasteiger partial charge in [-0.05, 0) is 33.2 Å². The first kappa shape index (κ1) is 13.8. The van der Waals surface area contributed by atoms with Gasteiger partial charge in [-0.1, -0.05) is 0 Å². The Balaban J connectivity index is 1.85. The van der Waals surface area contributed by atoms with Crippen LogP contribution in [0.2, 0.25) is 0 Å². The first-order valence-corrected chi connectivity index (χ1v) is 6.72. The van der Waals surface area contributed by atoms with Gasteiger partial charge in [0.25, 0.3) is 0 Å². The van der Waals surface area contributed by atoms with Crippen LogP contribution in [0.5, 0.6) is 0 Å². The lowest BCUT2D eigenvalue weighted by Crippen LogP contribution is -2.52. The Hall–Kier alpha value is -0.650. The van der Waals surface area contributed by atoms with Crippen molar-refractivity contribution in [1.82, 2.24) is 10.2 Å². The number of hydrogen-bond donors (Lipinski definition) is 1. The fraction of sp³-hybridized carbons (Fsp3) is 0.923. The van der Waals surface area contributed by atoms with Gasteiger partial charge in [0.1, 0.15) is 5.54 Å². The van der Waals surface area contributed by atoms with Crippen LogP contribution in [0.1, 0.15) is 26.2 Å². The molecule has 0 saturated carbocycles. The van der Waals surface area contributed by atoms with Crippen LogP contribution in [0.3, 0.4) is 0 Å². The van der Waals surface area contributed by atoms with Gasteiger partial charge in [-0.3, -0.25) is 9.69 Å². The number of methoxy groups -OCH3 is 1. The fourth-order valence-electron chi connectivity index (χ4n) is 2.82. The largest absolute Gasteiger partial charge is 0.468 e. The van der Waals surface area contributed by atoms with Crippen LogP contribution in [0.25, 0.3) is 0 Å². The maximum atomic E-state index is 11.8. The van der Waals surface area contributed by atoms with E-state index in [-0.39, 0.29) is 5.97 Å². The molecule has 5 nitrogen and oxygen atoms in total. The molecule has 104 valence electrons. The number of likely N-dealkylation sites (tertiary alicyclic amines) is 1. The summed E-state index contributed by atoms with van der Waals surface area (Å²) in [5.41, 5.74) is -0.591. The Kier molecular flexibility index (Phi) is 4.25. The van der Waals surface area contributed by atoms with E-state index in [4.69, 9.17) is 9.47 Å². The molecule has 2 aliphatic heterocycles. The highest BCUT2D eigenvalue weighted by atomic mass is 16.5. The van der Waals surface area contributed by atoms with E-state index < -0.39 is 5.54 Å². The number of ether oxygens (including phenoxy) is 2. The van der Waals surface area contributed by atoms with Gasteiger partial charge < -0.3 is 14.8 Å². The molecule has 0 amide bonds. The first-order valence-electron chi connectivity index (χ1n) is 6.72. The molecule has 0 aromatic carbocycles. The molecule has 0 aliphatic carbocycles.